The highest BCUT2D eigenvalue weighted by Gasteiger charge is 2.23. The lowest BCUT2D eigenvalue weighted by molar-refractivity contribution is 0.0985. The van der Waals surface area contributed by atoms with E-state index in [-0.39, 0.29) is 36.6 Å². The number of hydrogen-bond donors (Lipinski definition) is 2. The summed E-state index contributed by atoms with van der Waals surface area (Å²) in [7, 11) is 0. The maximum Gasteiger partial charge on any atom is 0.183 e. The van der Waals surface area contributed by atoms with Crippen molar-refractivity contribution in [2.75, 3.05) is 18.1 Å². The quantitative estimate of drug-likeness (QED) is 0.384. The minimum Gasteiger partial charge on any atom is -0.394 e. The van der Waals surface area contributed by atoms with Crippen LogP contribution in [0.4, 0.5) is 14.6 Å². The molecule has 0 unspecified atom stereocenters. The highest BCUT2D eigenvalue weighted by molar-refractivity contribution is 5.63. The van der Waals surface area contributed by atoms with Crippen molar-refractivity contribution in [1.82, 2.24) is 24.9 Å². The first-order valence-electron chi connectivity index (χ1n) is 10.7. The molecule has 0 aliphatic rings. The molecule has 0 spiro atoms. The van der Waals surface area contributed by atoms with Crippen LogP contribution in [0.25, 0.3) is 22.9 Å². The van der Waals surface area contributed by atoms with Crippen LogP contribution in [0, 0.1) is 11.6 Å². The van der Waals surface area contributed by atoms with Gasteiger partial charge in [0.1, 0.15) is 23.5 Å². The normalized spacial score (nSPS) is 12.3. The molecule has 11 heteroatoms. The molecule has 0 amide bonds. The Bertz CT molecular complexity index is 1250. The molecular formula is C23H24F2N6O3. The summed E-state index contributed by atoms with van der Waals surface area (Å²) in [6.45, 7) is 3.26. The monoisotopic (exact) mass is 470 g/mol. The number of aliphatic hydroxyl groups excluding tert-OH is 2. The van der Waals surface area contributed by atoms with Gasteiger partial charge in [0.15, 0.2) is 17.5 Å². The first kappa shape index (κ1) is 23.5. The van der Waals surface area contributed by atoms with Crippen molar-refractivity contribution in [3.63, 3.8) is 0 Å². The number of benzene rings is 1. The van der Waals surface area contributed by atoms with Crippen molar-refractivity contribution in [1.29, 1.82) is 0 Å². The Labute approximate surface area is 194 Å². The van der Waals surface area contributed by atoms with E-state index in [4.69, 9.17) is 4.52 Å². The Morgan fingerprint density at radius 3 is 2.59 bits per heavy atom. The topological polar surface area (TPSA) is 113 Å². The molecule has 0 aliphatic heterocycles. The van der Waals surface area contributed by atoms with E-state index in [1.54, 1.807) is 35.0 Å². The Morgan fingerprint density at radius 2 is 1.91 bits per heavy atom. The van der Waals surface area contributed by atoms with Crippen LogP contribution in [0.15, 0.2) is 53.4 Å². The summed E-state index contributed by atoms with van der Waals surface area (Å²) in [6.07, 6.45) is 1.37. The highest BCUT2D eigenvalue weighted by Crippen LogP contribution is 2.27. The second-order valence-corrected chi connectivity index (χ2v) is 8.00. The SMILES string of the molecule is CC(C)N(C[C@H](O)CO)c1nc(-c2cc(-c3ccon3)n(Cc3ccccc3F)n2)ncc1F. The van der Waals surface area contributed by atoms with Gasteiger partial charge in [-0.2, -0.15) is 5.10 Å². The van der Waals surface area contributed by atoms with E-state index in [2.05, 4.69) is 20.2 Å². The van der Waals surface area contributed by atoms with Crippen molar-refractivity contribution < 1.29 is 23.5 Å². The van der Waals surface area contributed by atoms with Crippen LogP contribution in [-0.4, -0.2) is 60.4 Å². The minimum atomic E-state index is -1.07. The van der Waals surface area contributed by atoms with Gasteiger partial charge in [0.25, 0.3) is 0 Å². The Hall–Kier alpha value is -3.70. The van der Waals surface area contributed by atoms with Crippen molar-refractivity contribution in [3.05, 3.63) is 66.1 Å². The molecule has 34 heavy (non-hydrogen) atoms. The van der Waals surface area contributed by atoms with Crippen LogP contribution < -0.4 is 4.90 Å². The summed E-state index contributed by atoms with van der Waals surface area (Å²) in [5, 5.41) is 27.6. The van der Waals surface area contributed by atoms with Gasteiger partial charge < -0.3 is 19.6 Å². The zero-order valence-electron chi connectivity index (χ0n) is 18.6. The van der Waals surface area contributed by atoms with Crippen LogP contribution in [0.2, 0.25) is 0 Å². The summed E-state index contributed by atoms with van der Waals surface area (Å²) in [6, 6.07) is 9.45. The molecule has 3 aromatic heterocycles. The first-order valence-corrected chi connectivity index (χ1v) is 10.7. The third-order valence-corrected chi connectivity index (χ3v) is 5.23. The number of nitrogens with zero attached hydrogens (tertiary/aromatic N) is 6. The lowest BCUT2D eigenvalue weighted by atomic mass is 10.2. The fraction of sp³-hybridized carbons (Fsp3) is 0.304. The number of anilines is 1. The summed E-state index contributed by atoms with van der Waals surface area (Å²) in [5.74, 6) is -0.942. The van der Waals surface area contributed by atoms with E-state index in [0.717, 1.165) is 6.20 Å². The molecular weight excluding hydrogens is 446 g/mol. The van der Waals surface area contributed by atoms with E-state index < -0.39 is 18.5 Å². The summed E-state index contributed by atoms with van der Waals surface area (Å²) < 4.78 is 35.5. The zero-order valence-corrected chi connectivity index (χ0v) is 18.6. The van der Waals surface area contributed by atoms with Gasteiger partial charge >= 0.3 is 0 Å². The third kappa shape index (κ3) is 4.95. The molecule has 9 nitrogen and oxygen atoms in total. The molecule has 3 heterocycles. The van der Waals surface area contributed by atoms with Crippen molar-refractivity contribution >= 4 is 5.82 Å². The predicted molar refractivity (Wildman–Crippen MR) is 120 cm³/mol. The molecule has 1 aromatic carbocycles. The smallest absolute Gasteiger partial charge is 0.183 e. The van der Waals surface area contributed by atoms with Crippen LogP contribution in [-0.2, 0) is 6.54 Å². The molecule has 178 valence electrons. The molecule has 4 aromatic rings. The Morgan fingerprint density at radius 1 is 1.12 bits per heavy atom. The fourth-order valence-corrected chi connectivity index (χ4v) is 3.49. The second kappa shape index (κ2) is 10.1. The van der Waals surface area contributed by atoms with Gasteiger partial charge in [-0.3, -0.25) is 4.68 Å². The average molecular weight is 470 g/mol. The summed E-state index contributed by atoms with van der Waals surface area (Å²) >= 11 is 0. The number of aliphatic hydroxyl groups is 2. The number of hydrogen-bond acceptors (Lipinski definition) is 8. The van der Waals surface area contributed by atoms with Crippen LogP contribution in [0.3, 0.4) is 0 Å². The molecule has 0 saturated carbocycles. The molecule has 2 N–H and O–H groups in total. The number of halogens is 2. The van der Waals surface area contributed by atoms with Gasteiger partial charge in [-0.25, -0.2) is 18.7 Å². The lowest BCUT2D eigenvalue weighted by Crippen LogP contribution is -2.40. The molecule has 0 bridgehead atoms. The van der Waals surface area contributed by atoms with Gasteiger partial charge in [0.05, 0.1) is 31.1 Å². The standard InChI is InChI=1S/C23H24F2N6O3/c1-14(2)30(12-16(33)13-32)23-18(25)10-26-22(27-23)20-9-21(19-7-8-34-29-19)31(28-20)11-15-5-3-4-6-17(15)24/h3-10,14,16,32-33H,11-13H2,1-2H3/t16-/m0/s1. The highest BCUT2D eigenvalue weighted by atomic mass is 19.1. The average Bonchev–Trinajstić information content (AvgIpc) is 3.49. The van der Waals surface area contributed by atoms with Gasteiger partial charge in [-0.1, -0.05) is 23.4 Å². The lowest BCUT2D eigenvalue weighted by Gasteiger charge is -2.29. The number of rotatable bonds is 9. The predicted octanol–water partition coefficient (Wildman–Crippen LogP) is 2.89. The zero-order chi connectivity index (χ0) is 24.2. The third-order valence-electron chi connectivity index (χ3n) is 5.23. The van der Waals surface area contributed by atoms with E-state index in [0.29, 0.717) is 22.6 Å². The molecule has 0 fully saturated rings. The molecule has 4 rings (SSSR count). The molecule has 0 radical (unpaired) electrons. The maximum atomic E-state index is 14.7. The largest absolute Gasteiger partial charge is 0.394 e. The van der Waals surface area contributed by atoms with Crippen LogP contribution in [0.1, 0.15) is 19.4 Å². The molecule has 1 atom stereocenters. The van der Waals surface area contributed by atoms with Crippen LogP contribution in [0.5, 0.6) is 0 Å². The van der Waals surface area contributed by atoms with Crippen molar-refractivity contribution in [2.45, 2.75) is 32.5 Å². The maximum absolute atomic E-state index is 14.7. The van der Waals surface area contributed by atoms with E-state index in [1.165, 1.54) is 17.2 Å². The van der Waals surface area contributed by atoms with E-state index in [9.17, 15) is 19.0 Å². The van der Waals surface area contributed by atoms with E-state index in [1.807, 2.05) is 13.8 Å². The van der Waals surface area contributed by atoms with E-state index >= 15 is 0 Å². The van der Waals surface area contributed by atoms with Crippen molar-refractivity contribution in [3.8, 4) is 22.9 Å². The van der Waals surface area contributed by atoms with Crippen LogP contribution >= 0.6 is 0 Å². The van der Waals surface area contributed by atoms with Gasteiger partial charge in [-0.15, -0.1) is 0 Å². The summed E-state index contributed by atoms with van der Waals surface area (Å²) in [5.41, 5.74) is 1.76. The molecule has 0 saturated heterocycles. The van der Waals surface area contributed by atoms with Gasteiger partial charge in [0.2, 0.25) is 0 Å². The minimum absolute atomic E-state index is 0.0204. The fourth-order valence-electron chi connectivity index (χ4n) is 3.49. The Balaban J connectivity index is 1.76. The number of aromatic nitrogens is 5. The van der Waals surface area contributed by atoms with Gasteiger partial charge in [0, 0.05) is 24.2 Å². The summed E-state index contributed by atoms with van der Waals surface area (Å²) in [4.78, 5) is 10.00. The first-order chi connectivity index (χ1) is 16.4. The molecule has 0 aliphatic carbocycles. The van der Waals surface area contributed by atoms with Crippen molar-refractivity contribution in [2.24, 2.45) is 0 Å². The Kier molecular flexibility index (Phi) is 6.94. The second-order valence-electron chi connectivity index (χ2n) is 8.00. The van der Waals surface area contributed by atoms with Gasteiger partial charge in [-0.05, 0) is 26.0 Å².